The van der Waals surface area contributed by atoms with Crippen LogP contribution in [0, 0.1) is 10.7 Å². The summed E-state index contributed by atoms with van der Waals surface area (Å²) in [5, 5.41) is 2.96. The third-order valence-electron chi connectivity index (χ3n) is 2.51. The second-order valence-corrected chi connectivity index (χ2v) is 5.27. The van der Waals surface area contributed by atoms with Gasteiger partial charge in [-0.3, -0.25) is 0 Å². The standard InChI is InChI=1S/C14H18FNO3/c1-5-12(16-18)9-6-7-11(15)10(8-9)13(17)19-14(2,3)4/h6-8,12H,5H2,1-4H3. The average Bonchev–Trinajstić information content (AvgIpc) is 2.30. The lowest BCUT2D eigenvalue weighted by atomic mass is 10.0. The van der Waals surface area contributed by atoms with E-state index in [2.05, 4.69) is 5.18 Å². The normalized spacial score (nSPS) is 12.9. The molecule has 0 spiro atoms. The molecule has 104 valence electrons. The topological polar surface area (TPSA) is 55.7 Å². The summed E-state index contributed by atoms with van der Waals surface area (Å²) in [5.74, 6) is -1.41. The van der Waals surface area contributed by atoms with Gasteiger partial charge in [-0.25, -0.2) is 9.18 Å². The van der Waals surface area contributed by atoms with Gasteiger partial charge in [0.2, 0.25) is 0 Å². The number of esters is 1. The van der Waals surface area contributed by atoms with Crippen LogP contribution in [-0.4, -0.2) is 11.6 Å². The molecule has 0 N–H and O–H groups in total. The first-order chi connectivity index (χ1) is 8.78. The largest absolute Gasteiger partial charge is 0.456 e. The van der Waals surface area contributed by atoms with Crippen molar-refractivity contribution in [1.82, 2.24) is 0 Å². The Hall–Kier alpha value is -1.78. The van der Waals surface area contributed by atoms with E-state index in [1.807, 2.05) is 0 Å². The van der Waals surface area contributed by atoms with Gasteiger partial charge in [0.15, 0.2) is 0 Å². The molecule has 0 aliphatic carbocycles. The zero-order chi connectivity index (χ0) is 14.6. The maximum atomic E-state index is 13.7. The molecule has 0 heterocycles. The molecule has 5 heteroatoms. The van der Waals surface area contributed by atoms with Crippen molar-refractivity contribution in [2.24, 2.45) is 5.18 Å². The zero-order valence-corrected chi connectivity index (χ0v) is 11.6. The number of rotatable bonds is 4. The lowest BCUT2D eigenvalue weighted by Gasteiger charge is -2.20. The monoisotopic (exact) mass is 267 g/mol. The first-order valence-electron chi connectivity index (χ1n) is 6.13. The van der Waals surface area contributed by atoms with Crippen molar-refractivity contribution in [1.29, 1.82) is 0 Å². The minimum atomic E-state index is -0.743. The molecule has 4 nitrogen and oxygen atoms in total. The third-order valence-corrected chi connectivity index (χ3v) is 2.51. The minimum Gasteiger partial charge on any atom is -0.456 e. The van der Waals surface area contributed by atoms with Gasteiger partial charge >= 0.3 is 5.97 Å². The Balaban J connectivity index is 3.10. The molecule has 0 bridgehead atoms. The number of benzene rings is 1. The van der Waals surface area contributed by atoms with Crippen molar-refractivity contribution in [3.63, 3.8) is 0 Å². The van der Waals surface area contributed by atoms with Crippen LogP contribution in [-0.2, 0) is 4.74 Å². The second-order valence-electron chi connectivity index (χ2n) is 5.27. The molecule has 1 unspecified atom stereocenters. The van der Waals surface area contributed by atoms with Crippen LogP contribution in [0.25, 0.3) is 0 Å². The van der Waals surface area contributed by atoms with E-state index in [4.69, 9.17) is 4.74 Å². The van der Waals surface area contributed by atoms with Crippen LogP contribution in [0.2, 0.25) is 0 Å². The number of carbonyl (C=O) groups is 1. The van der Waals surface area contributed by atoms with Crippen LogP contribution in [0.1, 0.15) is 56.1 Å². The molecule has 0 amide bonds. The highest BCUT2D eigenvalue weighted by Crippen LogP contribution is 2.24. The summed E-state index contributed by atoms with van der Waals surface area (Å²) in [6, 6.07) is 3.36. The molecule has 0 fully saturated rings. The van der Waals surface area contributed by atoms with E-state index in [1.54, 1.807) is 27.7 Å². The molecule has 0 radical (unpaired) electrons. The molecule has 0 saturated heterocycles. The smallest absolute Gasteiger partial charge is 0.341 e. The Kier molecular flexibility index (Phi) is 4.75. The number of carbonyl (C=O) groups excluding carboxylic acids is 1. The molecule has 1 rings (SSSR count). The summed E-state index contributed by atoms with van der Waals surface area (Å²) >= 11 is 0. The summed E-state index contributed by atoms with van der Waals surface area (Å²) in [7, 11) is 0. The fraction of sp³-hybridized carbons (Fsp3) is 0.500. The fourth-order valence-electron chi connectivity index (χ4n) is 1.61. The highest BCUT2D eigenvalue weighted by Gasteiger charge is 2.22. The molecule has 0 saturated carbocycles. The van der Waals surface area contributed by atoms with Crippen molar-refractivity contribution < 1.29 is 13.9 Å². The number of halogens is 1. The summed E-state index contributed by atoms with van der Waals surface area (Å²) in [5.41, 5.74) is -0.360. The molecule has 1 aromatic rings. The molecule has 0 aromatic heterocycles. The van der Waals surface area contributed by atoms with Crippen molar-refractivity contribution in [2.45, 2.75) is 45.8 Å². The van der Waals surface area contributed by atoms with Gasteiger partial charge in [0.05, 0.1) is 5.56 Å². The van der Waals surface area contributed by atoms with Gasteiger partial charge in [-0.15, -0.1) is 0 Å². The van der Waals surface area contributed by atoms with E-state index < -0.39 is 23.4 Å². The molecule has 19 heavy (non-hydrogen) atoms. The first-order valence-corrected chi connectivity index (χ1v) is 6.13. The molecular formula is C14H18FNO3. The van der Waals surface area contributed by atoms with Gasteiger partial charge in [0, 0.05) is 0 Å². The zero-order valence-electron chi connectivity index (χ0n) is 11.6. The summed E-state index contributed by atoms with van der Waals surface area (Å²) in [6.45, 7) is 6.90. The summed E-state index contributed by atoms with van der Waals surface area (Å²) in [4.78, 5) is 22.5. The Labute approximate surface area is 111 Å². The second kappa shape index (κ2) is 5.91. The van der Waals surface area contributed by atoms with Crippen molar-refractivity contribution in [2.75, 3.05) is 0 Å². The number of nitroso groups, excluding NO2 is 1. The van der Waals surface area contributed by atoms with Crippen LogP contribution in [0.3, 0.4) is 0 Å². The van der Waals surface area contributed by atoms with Gasteiger partial charge in [0.1, 0.15) is 17.5 Å². The predicted molar refractivity (Wildman–Crippen MR) is 70.4 cm³/mol. The van der Waals surface area contributed by atoms with Gasteiger partial charge < -0.3 is 4.74 Å². The Bertz CT molecular complexity index is 480. The highest BCUT2D eigenvalue weighted by molar-refractivity contribution is 5.90. The van der Waals surface area contributed by atoms with Crippen LogP contribution in [0.5, 0.6) is 0 Å². The van der Waals surface area contributed by atoms with Gasteiger partial charge in [-0.1, -0.05) is 18.2 Å². The lowest BCUT2D eigenvalue weighted by molar-refractivity contribution is 0.00646. The van der Waals surface area contributed by atoms with Crippen molar-refractivity contribution in [3.05, 3.63) is 40.1 Å². The van der Waals surface area contributed by atoms with E-state index in [9.17, 15) is 14.1 Å². The third kappa shape index (κ3) is 4.12. The molecule has 0 aliphatic heterocycles. The number of hydrogen-bond acceptors (Lipinski definition) is 4. The van der Waals surface area contributed by atoms with Gasteiger partial charge in [-0.05, 0) is 44.9 Å². The van der Waals surface area contributed by atoms with Crippen LogP contribution >= 0.6 is 0 Å². The SMILES string of the molecule is CCC(N=O)c1ccc(F)c(C(=O)OC(C)(C)C)c1. The highest BCUT2D eigenvalue weighted by atomic mass is 19.1. The molecule has 0 aliphatic rings. The quantitative estimate of drug-likeness (QED) is 0.612. The van der Waals surface area contributed by atoms with Crippen LogP contribution in [0.15, 0.2) is 23.4 Å². The Morgan fingerprint density at radius 3 is 2.53 bits per heavy atom. The maximum absolute atomic E-state index is 13.7. The maximum Gasteiger partial charge on any atom is 0.341 e. The first kappa shape index (κ1) is 15.3. The molecule has 1 aromatic carbocycles. The van der Waals surface area contributed by atoms with E-state index in [0.717, 1.165) is 6.07 Å². The number of hydrogen-bond donors (Lipinski definition) is 0. The van der Waals surface area contributed by atoms with E-state index in [0.29, 0.717) is 12.0 Å². The summed E-state index contributed by atoms with van der Waals surface area (Å²) < 4.78 is 18.8. The van der Waals surface area contributed by atoms with Crippen LogP contribution in [0.4, 0.5) is 4.39 Å². The summed E-state index contributed by atoms with van der Waals surface area (Å²) in [6.07, 6.45) is 0.489. The van der Waals surface area contributed by atoms with Gasteiger partial charge in [-0.2, -0.15) is 4.91 Å². The average molecular weight is 267 g/mol. The van der Waals surface area contributed by atoms with E-state index in [-0.39, 0.29) is 5.56 Å². The predicted octanol–water partition coefficient (Wildman–Crippen LogP) is 4.00. The fourth-order valence-corrected chi connectivity index (χ4v) is 1.61. The molecule has 1 atom stereocenters. The van der Waals surface area contributed by atoms with E-state index >= 15 is 0 Å². The van der Waals surface area contributed by atoms with Gasteiger partial charge in [0.25, 0.3) is 0 Å². The van der Waals surface area contributed by atoms with Crippen LogP contribution < -0.4 is 0 Å². The lowest BCUT2D eigenvalue weighted by Crippen LogP contribution is -2.24. The number of nitrogens with zero attached hydrogens (tertiary/aromatic N) is 1. The Morgan fingerprint density at radius 1 is 1.42 bits per heavy atom. The van der Waals surface area contributed by atoms with Crippen molar-refractivity contribution >= 4 is 5.97 Å². The Morgan fingerprint density at radius 2 is 2.05 bits per heavy atom. The minimum absolute atomic E-state index is 0.172. The number of ether oxygens (including phenoxy) is 1. The molecular weight excluding hydrogens is 249 g/mol. The van der Waals surface area contributed by atoms with Crippen molar-refractivity contribution in [3.8, 4) is 0 Å². The van der Waals surface area contributed by atoms with E-state index in [1.165, 1.54) is 12.1 Å².